The number of thiocarbonyl (C=S) groups is 1. The number of aromatic nitrogens is 1. The van der Waals surface area contributed by atoms with Crippen molar-refractivity contribution >= 4 is 40.0 Å². The second kappa shape index (κ2) is 10.5. The fourth-order valence-corrected chi connectivity index (χ4v) is 3.84. The van der Waals surface area contributed by atoms with E-state index in [-0.39, 0.29) is 11.0 Å². The average molecular weight is 474 g/mol. The molecule has 174 valence electrons. The van der Waals surface area contributed by atoms with Crippen LogP contribution >= 0.6 is 12.2 Å². The van der Waals surface area contributed by atoms with Crippen LogP contribution in [0.1, 0.15) is 41.3 Å². The van der Waals surface area contributed by atoms with Crippen LogP contribution in [0.2, 0.25) is 0 Å². The van der Waals surface area contributed by atoms with Crippen LogP contribution in [-0.4, -0.2) is 22.6 Å². The Labute approximate surface area is 204 Å². The molecule has 0 unspecified atom stereocenters. The number of ether oxygens (including phenoxy) is 1. The molecule has 1 amide bonds. The van der Waals surface area contributed by atoms with Crippen molar-refractivity contribution in [2.24, 2.45) is 0 Å². The number of unbranched alkanes of at least 4 members (excludes halogenated alkanes) is 1. The number of oxazole rings is 1. The number of anilines is 1. The molecule has 0 aliphatic rings. The van der Waals surface area contributed by atoms with Crippen molar-refractivity contribution in [3.63, 3.8) is 0 Å². The molecule has 0 saturated heterocycles. The van der Waals surface area contributed by atoms with Gasteiger partial charge in [0.1, 0.15) is 11.3 Å². The van der Waals surface area contributed by atoms with Crippen LogP contribution in [0.4, 0.5) is 5.69 Å². The Kier molecular flexibility index (Phi) is 7.23. The van der Waals surface area contributed by atoms with Crippen molar-refractivity contribution < 1.29 is 13.9 Å². The highest BCUT2D eigenvalue weighted by molar-refractivity contribution is 7.80. The predicted molar refractivity (Wildman–Crippen MR) is 139 cm³/mol. The Morgan fingerprint density at radius 1 is 1.06 bits per heavy atom. The Bertz CT molecular complexity index is 1330. The zero-order chi connectivity index (χ0) is 24.1. The molecule has 2 N–H and O–H groups in total. The normalized spacial score (nSPS) is 10.8. The fraction of sp³-hybridized carbons (Fsp3) is 0.222. The molecule has 0 saturated carbocycles. The molecule has 4 aromatic rings. The largest absolute Gasteiger partial charge is 0.494 e. The first-order chi connectivity index (χ1) is 16.4. The number of fused-ring (bicyclic) bond motifs is 1. The Morgan fingerprint density at radius 3 is 2.62 bits per heavy atom. The van der Waals surface area contributed by atoms with E-state index in [4.69, 9.17) is 21.4 Å². The molecule has 0 aliphatic carbocycles. The number of nitrogens with one attached hydrogen (secondary N) is 2. The third-order valence-corrected chi connectivity index (χ3v) is 5.41. The number of carbonyl (C=O) groups is 1. The van der Waals surface area contributed by atoms with Gasteiger partial charge in [0, 0.05) is 16.8 Å². The van der Waals surface area contributed by atoms with E-state index in [1.165, 1.54) is 0 Å². The van der Waals surface area contributed by atoms with E-state index in [0.29, 0.717) is 40.6 Å². The van der Waals surface area contributed by atoms with E-state index < -0.39 is 0 Å². The molecule has 7 heteroatoms. The highest BCUT2D eigenvalue weighted by Crippen LogP contribution is 2.27. The van der Waals surface area contributed by atoms with Gasteiger partial charge in [0.05, 0.1) is 6.61 Å². The average Bonchev–Trinajstić information content (AvgIpc) is 3.22. The molecule has 1 aromatic heterocycles. The lowest BCUT2D eigenvalue weighted by atomic mass is 10.1. The summed E-state index contributed by atoms with van der Waals surface area (Å²) in [5, 5.41) is 5.95. The molecule has 3 aromatic carbocycles. The summed E-state index contributed by atoms with van der Waals surface area (Å²) in [5.41, 5.74) is 5.79. The number of hydrogen-bond donors (Lipinski definition) is 2. The fourth-order valence-electron chi connectivity index (χ4n) is 3.63. The quantitative estimate of drug-likeness (QED) is 0.238. The number of nitrogens with zero attached hydrogens (tertiary/aromatic N) is 1. The summed E-state index contributed by atoms with van der Waals surface area (Å²) in [5.74, 6) is 0.921. The molecule has 1 heterocycles. The summed E-state index contributed by atoms with van der Waals surface area (Å²) in [6.45, 7) is 6.82. The third-order valence-electron chi connectivity index (χ3n) is 5.20. The highest BCUT2D eigenvalue weighted by Gasteiger charge is 2.12. The van der Waals surface area contributed by atoms with Crippen molar-refractivity contribution in [2.45, 2.75) is 33.6 Å². The van der Waals surface area contributed by atoms with Crippen LogP contribution in [0.3, 0.4) is 0 Å². The van der Waals surface area contributed by atoms with Gasteiger partial charge in [-0.2, -0.15) is 0 Å². The Hall–Kier alpha value is -3.71. The summed E-state index contributed by atoms with van der Waals surface area (Å²) in [4.78, 5) is 17.3. The van der Waals surface area contributed by atoms with Crippen LogP contribution in [-0.2, 0) is 0 Å². The third kappa shape index (κ3) is 5.80. The molecule has 0 aliphatic heterocycles. The van der Waals surface area contributed by atoms with Crippen molar-refractivity contribution in [1.82, 2.24) is 10.3 Å². The van der Waals surface area contributed by atoms with Gasteiger partial charge >= 0.3 is 0 Å². The first kappa shape index (κ1) is 23.4. The summed E-state index contributed by atoms with van der Waals surface area (Å²) < 4.78 is 11.6. The Morgan fingerprint density at radius 2 is 1.85 bits per heavy atom. The molecule has 0 fully saturated rings. The van der Waals surface area contributed by atoms with Gasteiger partial charge in [-0.1, -0.05) is 36.6 Å². The first-order valence-corrected chi connectivity index (χ1v) is 11.7. The van der Waals surface area contributed by atoms with Gasteiger partial charge in [0.15, 0.2) is 10.7 Å². The lowest BCUT2D eigenvalue weighted by molar-refractivity contribution is 0.0977. The standard InChI is InChI=1S/C27H27N3O3S/c1-4-5-11-32-22-8-6-7-19(15-22)25(31)30-27(34)28-21-9-10-24-23(16-21)29-26(33-24)20-13-17(2)12-18(3)14-20/h6-10,12-16H,4-5,11H2,1-3H3,(H2,28,30,31,34). The number of aryl methyl sites for hydroxylation is 2. The number of rotatable bonds is 7. The molecule has 0 spiro atoms. The molecule has 0 bridgehead atoms. The highest BCUT2D eigenvalue weighted by atomic mass is 32.1. The maximum Gasteiger partial charge on any atom is 0.257 e. The number of amides is 1. The monoisotopic (exact) mass is 473 g/mol. The maximum absolute atomic E-state index is 12.6. The first-order valence-electron chi connectivity index (χ1n) is 11.3. The maximum atomic E-state index is 12.6. The van der Waals surface area contributed by atoms with Crippen LogP contribution in [0.15, 0.2) is 65.1 Å². The molecule has 34 heavy (non-hydrogen) atoms. The van der Waals surface area contributed by atoms with Crippen LogP contribution < -0.4 is 15.4 Å². The number of hydrogen-bond acceptors (Lipinski definition) is 5. The van der Waals surface area contributed by atoms with Crippen molar-refractivity contribution in [3.8, 4) is 17.2 Å². The summed E-state index contributed by atoms with van der Waals surface area (Å²) in [6.07, 6.45) is 2.01. The lowest BCUT2D eigenvalue weighted by Crippen LogP contribution is -2.34. The van der Waals surface area contributed by atoms with Crippen molar-refractivity contribution in [2.75, 3.05) is 11.9 Å². The SMILES string of the molecule is CCCCOc1cccc(C(=O)NC(=S)Nc2ccc3oc(-c4cc(C)cc(C)c4)nc3c2)c1. The topological polar surface area (TPSA) is 76.4 Å². The van der Waals surface area contributed by atoms with Gasteiger partial charge in [0.25, 0.3) is 5.91 Å². The zero-order valence-corrected chi connectivity index (χ0v) is 20.3. The van der Waals surface area contributed by atoms with E-state index in [0.717, 1.165) is 29.5 Å². The van der Waals surface area contributed by atoms with E-state index in [1.54, 1.807) is 18.2 Å². The molecular weight excluding hydrogens is 446 g/mol. The van der Waals surface area contributed by atoms with E-state index in [2.05, 4.69) is 28.6 Å². The predicted octanol–water partition coefficient (Wildman–Crippen LogP) is 6.42. The summed E-state index contributed by atoms with van der Waals surface area (Å²) in [7, 11) is 0. The van der Waals surface area contributed by atoms with E-state index >= 15 is 0 Å². The molecule has 0 radical (unpaired) electrons. The molecule has 4 rings (SSSR count). The molecule has 6 nitrogen and oxygen atoms in total. The zero-order valence-electron chi connectivity index (χ0n) is 19.5. The Balaban J connectivity index is 1.42. The van der Waals surface area contributed by atoms with Gasteiger partial charge in [-0.05, 0) is 81.0 Å². The summed E-state index contributed by atoms with van der Waals surface area (Å²) in [6, 6.07) is 18.8. The van der Waals surface area contributed by atoms with Crippen LogP contribution in [0.25, 0.3) is 22.6 Å². The van der Waals surface area contributed by atoms with Gasteiger partial charge in [-0.25, -0.2) is 4.98 Å². The minimum absolute atomic E-state index is 0.194. The van der Waals surface area contributed by atoms with Crippen molar-refractivity contribution in [3.05, 3.63) is 77.4 Å². The second-order valence-corrected chi connectivity index (χ2v) is 8.62. The number of benzene rings is 3. The van der Waals surface area contributed by atoms with Crippen LogP contribution in [0.5, 0.6) is 5.75 Å². The van der Waals surface area contributed by atoms with Crippen molar-refractivity contribution in [1.29, 1.82) is 0 Å². The summed E-state index contributed by atoms with van der Waals surface area (Å²) >= 11 is 5.35. The van der Waals surface area contributed by atoms with Gasteiger partial charge in [0.2, 0.25) is 5.89 Å². The smallest absolute Gasteiger partial charge is 0.257 e. The number of carbonyl (C=O) groups excluding carboxylic acids is 1. The minimum Gasteiger partial charge on any atom is -0.494 e. The second-order valence-electron chi connectivity index (χ2n) is 8.22. The van der Waals surface area contributed by atoms with E-state index in [9.17, 15) is 4.79 Å². The molecule has 0 atom stereocenters. The minimum atomic E-state index is -0.307. The van der Waals surface area contributed by atoms with Gasteiger partial charge < -0.3 is 14.5 Å². The van der Waals surface area contributed by atoms with Crippen LogP contribution in [0, 0.1) is 13.8 Å². The van der Waals surface area contributed by atoms with E-state index in [1.807, 2.05) is 50.2 Å². The molecular formula is C27H27N3O3S. The van der Waals surface area contributed by atoms with Gasteiger partial charge in [-0.15, -0.1) is 0 Å². The van der Waals surface area contributed by atoms with Gasteiger partial charge in [-0.3, -0.25) is 10.1 Å². The lowest BCUT2D eigenvalue weighted by Gasteiger charge is -2.10.